The molecule has 1 aliphatic rings. The van der Waals surface area contributed by atoms with Gasteiger partial charge in [0.15, 0.2) is 5.01 Å². The van der Waals surface area contributed by atoms with E-state index >= 15 is 0 Å². The summed E-state index contributed by atoms with van der Waals surface area (Å²) in [4.78, 5) is 55.5. The summed E-state index contributed by atoms with van der Waals surface area (Å²) in [6.07, 6.45) is 0.0789. The van der Waals surface area contributed by atoms with Crippen LogP contribution in [-0.2, 0) is 22.4 Å². The second-order valence-electron chi connectivity index (χ2n) is 8.35. The molecule has 0 saturated carbocycles. The van der Waals surface area contributed by atoms with Crippen LogP contribution in [0.3, 0.4) is 0 Å². The molecule has 9 nitrogen and oxygen atoms in total. The summed E-state index contributed by atoms with van der Waals surface area (Å²) in [7, 11) is 0. The van der Waals surface area contributed by atoms with Crippen LogP contribution in [0.2, 0.25) is 0 Å². The topological polar surface area (TPSA) is 143 Å². The van der Waals surface area contributed by atoms with Crippen LogP contribution in [0.1, 0.15) is 31.3 Å². The van der Waals surface area contributed by atoms with E-state index in [1.165, 1.54) is 11.3 Å². The average Bonchev–Trinajstić information content (AvgIpc) is 3.30. The first-order chi connectivity index (χ1) is 17.3. The molecule has 36 heavy (non-hydrogen) atoms. The number of nitrogens with one attached hydrogen (secondary N) is 1. The number of anilines is 2. The second kappa shape index (κ2) is 9.23. The normalized spacial score (nSPS) is 13.9. The third-order valence-electron chi connectivity index (χ3n) is 5.88. The summed E-state index contributed by atoms with van der Waals surface area (Å²) < 4.78 is 0.831. The van der Waals surface area contributed by atoms with E-state index in [4.69, 9.17) is 5.73 Å². The highest BCUT2D eigenvalue weighted by Crippen LogP contribution is 2.27. The number of fused-ring (bicyclic) bond motifs is 2. The van der Waals surface area contributed by atoms with Crippen molar-refractivity contribution in [3.8, 4) is 0 Å². The summed E-state index contributed by atoms with van der Waals surface area (Å²) in [5.41, 5.74) is 8.89. The Balaban J connectivity index is 1.31. The van der Waals surface area contributed by atoms with Gasteiger partial charge in [-0.2, -0.15) is 0 Å². The van der Waals surface area contributed by atoms with E-state index in [1.54, 1.807) is 48.5 Å². The van der Waals surface area contributed by atoms with Crippen LogP contribution in [0, 0.1) is 0 Å². The first kappa shape index (κ1) is 23.2. The van der Waals surface area contributed by atoms with Crippen molar-refractivity contribution in [1.29, 1.82) is 0 Å². The van der Waals surface area contributed by atoms with Crippen LogP contribution in [0.15, 0.2) is 66.7 Å². The Morgan fingerprint density at radius 1 is 1.08 bits per heavy atom. The number of nitrogen functional groups attached to an aromatic ring is 1. The molecule has 10 heteroatoms. The van der Waals surface area contributed by atoms with Crippen molar-refractivity contribution < 1.29 is 24.3 Å². The Morgan fingerprint density at radius 2 is 1.83 bits per heavy atom. The highest BCUT2D eigenvalue weighted by atomic mass is 32.1. The lowest BCUT2D eigenvalue weighted by Gasteiger charge is -2.27. The van der Waals surface area contributed by atoms with E-state index in [9.17, 15) is 24.3 Å². The Bertz CT molecular complexity index is 1500. The molecule has 0 saturated heterocycles. The first-order valence-corrected chi connectivity index (χ1v) is 11.9. The van der Waals surface area contributed by atoms with Gasteiger partial charge in [-0.25, -0.2) is 14.7 Å². The molecule has 1 aromatic heterocycles. The smallest absolute Gasteiger partial charge is 0.326 e. The fraction of sp³-hybridized carbons (Fsp3) is 0.115. The molecule has 1 aliphatic heterocycles. The molecule has 0 aliphatic carbocycles. The number of rotatable bonds is 6. The maximum Gasteiger partial charge on any atom is 0.326 e. The third-order valence-corrected chi connectivity index (χ3v) is 6.92. The maximum absolute atomic E-state index is 13.0. The molecule has 0 radical (unpaired) electrons. The number of aliphatic carboxylic acids is 1. The van der Waals surface area contributed by atoms with E-state index in [1.807, 2.05) is 18.2 Å². The van der Waals surface area contributed by atoms with Crippen molar-refractivity contribution in [1.82, 2.24) is 10.3 Å². The molecule has 3 amide bonds. The number of nitrogens with two attached hydrogens (primary N) is 1. The Morgan fingerprint density at radius 3 is 2.56 bits per heavy atom. The zero-order valence-corrected chi connectivity index (χ0v) is 19.6. The molecule has 0 fully saturated rings. The van der Waals surface area contributed by atoms with Gasteiger partial charge in [-0.1, -0.05) is 30.3 Å². The van der Waals surface area contributed by atoms with Gasteiger partial charge < -0.3 is 16.2 Å². The van der Waals surface area contributed by atoms with E-state index in [0.29, 0.717) is 33.6 Å². The van der Waals surface area contributed by atoms with Crippen molar-refractivity contribution in [2.45, 2.75) is 18.9 Å². The van der Waals surface area contributed by atoms with E-state index in [0.717, 1.165) is 9.60 Å². The molecular formula is C26H20N4O5S. The average molecular weight is 501 g/mol. The van der Waals surface area contributed by atoms with Crippen LogP contribution in [0.25, 0.3) is 10.2 Å². The van der Waals surface area contributed by atoms with Gasteiger partial charge in [0.25, 0.3) is 11.8 Å². The number of amides is 3. The molecule has 5 rings (SSSR count). The lowest BCUT2D eigenvalue weighted by atomic mass is 9.97. The number of imide groups is 1. The van der Waals surface area contributed by atoms with Gasteiger partial charge in [-0.05, 0) is 47.5 Å². The number of carboxylic acids is 1. The van der Waals surface area contributed by atoms with E-state index in [-0.39, 0.29) is 23.8 Å². The maximum atomic E-state index is 13.0. The first-order valence-electron chi connectivity index (χ1n) is 11.0. The van der Waals surface area contributed by atoms with Gasteiger partial charge in [0, 0.05) is 17.7 Å². The molecule has 4 aromatic rings. The molecular weight excluding hydrogens is 480 g/mol. The quantitative estimate of drug-likeness (QED) is 0.273. The molecule has 4 N–H and O–H groups in total. The largest absolute Gasteiger partial charge is 0.480 e. The van der Waals surface area contributed by atoms with Crippen molar-refractivity contribution in [2.75, 3.05) is 10.6 Å². The Kier molecular flexibility index (Phi) is 5.95. The van der Waals surface area contributed by atoms with Gasteiger partial charge in [0.05, 0.1) is 22.3 Å². The molecule has 2 heterocycles. The van der Waals surface area contributed by atoms with E-state index in [2.05, 4.69) is 10.3 Å². The number of carbonyl (C=O) groups excluding carboxylic acids is 3. The van der Waals surface area contributed by atoms with E-state index < -0.39 is 23.8 Å². The lowest BCUT2D eigenvalue weighted by molar-refractivity contribution is -0.139. The van der Waals surface area contributed by atoms with Gasteiger partial charge in [-0.3, -0.25) is 14.4 Å². The molecule has 1 unspecified atom stereocenters. The highest BCUT2D eigenvalue weighted by Gasteiger charge is 2.32. The minimum atomic E-state index is -1.19. The summed E-state index contributed by atoms with van der Waals surface area (Å²) >= 11 is 1.19. The number of hydrogen-bond acceptors (Lipinski definition) is 7. The van der Waals surface area contributed by atoms with Crippen LogP contribution in [0.5, 0.6) is 0 Å². The summed E-state index contributed by atoms with van der Waals surface area (Å²) in [6.45, 7) is 0. The van der Waals surface area contributed by atoms with Gasteiger partial charge >= 0.3 is 5.97 Å². The number of carbonyl (C=O) groups is 4. The molecule has 180 valence electrons. The van der Waals surface area contributed by atoms with Gasteiger partial charge in [0.1, 0.15) is 6.04 Å². The molecule has 3 aromatic carbocycles. The SMILES string of the molecule is Nc1ccc2c(c1)C(=O)N(c1ccc(CC(NC(=O)c3nc4ccccc4s3)C(=O)O)cc1)C(=O)C2. The predicted octanol–water partition coefficient (Wildman–Crippen LogP) is 3.03. The molecule has 1 atom stereocenters. The fourth-order valence-electron chi connectivity index (χ4n) is 4.09. The zero-order chi connectivity index (χ0) is 25.4. The van der Waals surface area contributed by atoms with Crippen LogP contribution >= 0.6 is 11.3 Å². The summed E-state index contributed by atoms with van der Waals surface area (Å²) in [5.74, 6) is -2.59. The highest BCUT2D eigenvalue weighted by molar-refractivity contribution is 7.20. The number of benzene rings is 3. The number of para-hydroxylation sites is 1. The summed E-state index contributed by atoms with van der Waals surface area (Å²) in [5, 5.41) is 12.4. The Hall–Kier alpha value is -4.57. The molecule has 0 spiro atoms. The van der Waals surface area contributed by atoms with Crippen molar-refractivity contribution >= 4 is 56.6 Å². The van der Waals surface area contributed by atoms with Crippen molar-refractivity contribution in [2.24, 2.45) is 0 Å². The second-order valence-corrected chi connectivity index (χ2v) is 9.38. The number of hydrogen-bond donors (Lipinski definition) is 3. The van der Waals surface area contributed by atoms with Crippen molar-refractivity contribution in [3.63, 3.8) is 0 Å². The minimum Gasteiger partial charge on any atom is -0.480 e. The van der Waals surface area contributed by atoms with Crippen LogP contribution in [-0.4, -0.2) is 39.8 Å². The summed E-state index contributed by atoms with van der Waals surface area (Å²) in [6, 6.07) is 17.4. The Labute approximate surface area is 209 Å². The van der Waals surface area contributed by atoms with Gasteiger partial charge in [-0.15, -0.1) is 11.3 Å². The van der Waals surface area contributed by atoms with Gasteiger partial charge in [0.2, 0.25) is 5.91 Å². The number of nitrogens with zero attached hydrogens (tertiary/aromatic N) is 2. The molecule has 0 bridgehead atoms. The zero-order valence-electron chi connectivity index (χ0n) is 18.8. The van der Waals surface area contributed by atoms with Crippen LogP contribution in [0.4, 0.5) is 11.4 Å². The van der Waals surface area contributed by atoms with Crippen molar-refractivity contribution in [3.05, 3.63) is 88.4 Å². The van der Waals surface area contributed by atoms with Crippen LogP contribution < -0.4 is 16.0 Å². The monoisotopic (exact) mass is 500 g/mol. The lowest BCUT2D eigenvalue weighted by Crippen LogP contribution is -2.43. The number of aromatic nitrogens is 1. The number of carboxylic acid groups (broad SMARTS) is 1. The standard InChI is InChI=1S/C26H20N4O5S/c27-16-8-7-15-12-22(31)30(25(33)18(15)13-16)17-9-5-14(6-10-17)11-20(26(34)35)28-23(32)24-29-19-3-1-2-4-21(19)36-24/h1-10,13,20H,11-12,27H2,(H,28,32)(H,34,35). The predicted molar refractivity (Wildman–Crippen MR) is 135 cm³/mol. The third kappa shape index (κ3) is 4.41. The number of thiazole rings is 1. The minimum absolute atomic E-state index is 0.00745. The fourth-order valence-corrected chi connectivity index (χ4v) is 4.96.